The fourth-order valence-corrected chi connectivity index (χ4v) is 4.55. The van der Waals surface area contributed by atoms with E-state index in [2.05, 4.69) is 44.5 Å². The zero-order valence-corrected chi connectivity index (χ0v) is 18.7. The van der Waals surface area contributed by atoms with Crippen LogP contribution in [-0.4, -0.2) is 47.2 Å². The second-order valence-corrected chi connectivity index (χ2v) is 8.91. The van der Waals surface area contributed by atoms with E-state index in [-0.39, 0.29) is 0 Å². The second kappa shape index (κ2) is 8.87. The molecule has 3 heterocycles. The molecule has 168 valence electrons. The molecule has 2 fully saturated rings. The van der Waals surface area contributed by atoms with E-state index in [1.54, 1.807) is 6.33 Å². The Bertz CT molecular complexity index is 1230. The Balaban J connectivity index is 1.33. The van der Waals surface area contributed by atoms with Crippen LogP contribution in [0.5, 0.6) is 5.75 Å². The molecule has 6 nitrogen and oxygen atoms in total. The van der Waals surface area contributed by atoms with E-state index >= 15 is 0 Å². The van der Waals surface area contributed by atoms with E-state index in [0.717, 1.165) is 45.9 Å². The third kappa shape index (κ3) is 4.31. The van der Waals surface area contributed by atoms with E-state index in [0.29, 0.717) is 18.4 Å². The number of hydrogen-bond acceptors (Lipinski definition) is 6. The maximum absolute atomic E-state index is 6.33. The molecule has 6 heteroatoms. The first kappa shape index (κ1) is 20.2. The molecule has 0 unspecified atom stereocenters. The first-order chi connectivity index (χ1) is 16.3. The standard InChI is InChI=1S/C27H28N4O2/c1-2-6-19(7-3-1)23-24-26(30-21-10-11-21)28-18-29-27(24)33-25(23)20-8-12-22(13-9-20)32-17-16-31-14-4-5-15-31/h1-3,6-9,12-13,18,21H,4-5,10-11,14-17H2,(H,28,29,30). The van der Waals surface area contributed by atoms with Crippen molar-refractivity contribution < 1.29 is 9.15 Å². The molecule has 4 aromatic rings. The summed E-state index contributed by atoms with van der Waals surface area (Å²) in [6, 6.07) is 19.0. The molecule has 1 saturated heterocycles. The SMILES string of the molecule is c1ccc(-c2c(-c3ccc(OCCN4CCCC4)cc3)oc3ncnc(NC4CC4)c23)cc1. The van der Waals surface area contributed by atoms with Crippen molar-refractivity contribution in [1.29, 1.82) is 0 Å². The number of benzene rings is 2. The van der Waals surface area contributed by atoms with Gasteiger partial charge in [-0.2, -0.15) is 0 Å². The van der Waals surface area contributed by atoms with Crippen LogP contribution in [0.2, 0.25) is 0 Å². The van der Waals surface area contributed by atoms with Gasteiger partial charge in [0, 0.05) is 23.7 Å². The van der Waals surface area contributed by atoms with Crippen molar-refractivity contribution in [3.05, 3.63) is 60.9 Å². The summed E-state index contributed by atoms with van der Waals surface area (Å²) in [7, 11) is 0. The summed E-state index contributed by atoms with van der Waals surface area (Å²) in [6.45, 7) is 4.08. The fourth-order valence-electron chi connectivity index (χ4n) is 4.55. The summed E-state index contributed by atoms with van der Waals surface area (Å²) in [4.78, 5) is 11.5. The van der Waals surface area contributed by atoms with Gasteiger partial charge in [0.15, 0.2) is 0 Å². The Morgan fingerprint density at radius 3 is 2.48 bits per heavy atom. The molecule has 6 rings (SSSR count). The summed E-state index contributed by atoms with van der Waals surface area (Å²) in [6.07, 6.45) is 6.54. The molecule has 2 aliphatic rings. The minimum atomic E-state index is 0.488. The highest BCUT2D eigenvalue weighted by Crippen LogP contribution is 2.43. The van der Waals surface area contributed by atoms with Crippen LogP contribution in [0.4, 0.5) is 5.82 Å². The molecular weight excluding hydrogens is 412 g/mol. The van der Waals surface area contributed by atoms with Crippen LogP contribution in [-0.2, 0) is 0 Å². The highest BCUT2D eigenvalue weighted by molar-refractivity contribution is 6.05. The molecule has 2 aromatic heterocycles. The zero-order chi connectivity index (χ0) is 22.0. The molecule has 2 aromatic carbocycles. The van der Waals surface area contributed by atoms with Gasteiger partial charge in [-0.15, -0.1) is 0 Å². The Kier molecular flexibility index (Phi) is 5.44. The number of hydrogen-bond donors (Lipinski definition) is 1. The van der Waals surface area contributed by atoms with Gasteiger partial charge < -0.3 is 14.5 Å². The Hall–Kier alpha value is -3.38. The first-order valence-corrected chi connectivity index (χ1v) is 11.9. The number of rotatable bonds is 8. The number of aromatic nitrogens is 2. The van der Waals surface area contributed by atoms with Crippen molar-refractivity contribution in [1.82, 2.24) is 14.9 Å². The van der Waals surface area contributed by atoms with Crippen LogP contribution in [0.15, 0.2) is 65.3 Å². The highest BCUT2D eigenvalue weighted by Gasteiger charge is 2.26. The third-order valence-electron chi connectivity index (χ3n) is 6.46. The largest absolute Gasteiger partial charge is 0.492 e. The van der Waals surface area contributed by atoms with Gasteiger partial charge in [-0.3, -0.25) is 4.90 Å². The van der Waals surface area contributed by atoms with Crippen molar-refractivity contribution in [2.45, 2.75) is 31.7 Å². The summed E-state index contributed by atoms with van der Waals surface area (Å²) >= 11 is 0. The normalized spacial score (nSPS) is 16.4. The Morgan fingerprint density at radius 1 is 0.939 bits per heavy atom. The van der Waals surface area contributed by atoms with Gasteiger partial charge in [0.05, 0.1) is 5.39 Å². The Morgan fingerprint density at radius 2 is 1.73 bits per heavy atom. The molecule has 0 bridgehead atoms. The summed E-state index contributed by atoms with van der Waals surface area (Å²) in [5.41, 5.74) is 3.71. The van der Waals surface area contributed by atoms with Crippen LogP contribution >= 0.6 is 0 Å². The highest BCUT2D eigenvalue weighted by atomic mass is 16.5. The molecule has 0 radical (unpaired) electrons. The topological polar surface area (TPSA) is 63.4 Å². The van der Waals surface area contributed by atoms with Gasteiger partial charge >= 0.3 is 0 Å². The molecule has 0 atom stereocenters. The maximum atomic E-state index is 6.33. The lowest BCUT2D eigenvalue weighted by Gasteiger charge is -2.15. The predicted octanol–water partition coefficient (Wildman–Crippen LogP) is 5.61. The molecule has 1 aliphatic heterocycles. The van der Waals surface area contributed by atoms with Gasteiger partial charge in [0.25, 0.3) is 0 Å². The quantitative estimate of drug-likeness (QED) is 0.384. The van der Waals surface area contributed by atoms with Gasteiger partial charge in [-0.1, -0.05) is 30.3 Å². The Labute approximate surface area is 193 Å². The molecule has 0 spiro atoms. The van der Waals surface area contributed by atoms with Crippen LogP contribution in [0, 0.1) is 0 Å². The molecular formula is C27H28N4O2. The molecule has 33 heavy (non-hydrogen) atoms. The van der Waals surface area contributed by atoms with Crippen LogP contribution in [0.3, 0.4) is 0 Å². The molecule has 1 aliphatic carbocycles. The first-order valence-electron chi connectivity index (χ1n) is 11.9. The minimum absolute atomic E-state index is 0.488. The lowest BCUT2D eigenvalue weighted by molar-refractivity contribution is 0.238. The monoisotopic (exact) mass is 440 g/mol. The number of furan rings is 1. The number of ether oxygens (including phenoxy) is 1. The summed E-state index contributed by atoms with van der Waals surface area (Å²) in [5.74, 6) is 2.53. The second-order valence-electron chi connectivity index (χ2n) is 8.91. The van der Waals surface area contributed by atoms with Crippen molar-refractivity contribution in [2.24, 2.45) is 0 Å². The summed E-state index contributed by atoms with van der Waals surface area (Å²) in [5, 5.41) is 4.50. The van der Waals surface area contributed by atoms with Gasteiger partial charge in [-0.05, 0) is 68.6 Å². The zero-order valence-electron chi connectivity index (χ0n) is 18.7. The maximum Gasteiger partial charge on any atom is 0.232 e. The number of fused-ring (bicyclic) bond motifs is 1. The third-order valence-corrected chi connectivity index (χ3v) is 6.46. The van der Waals surface area contributed by atoms with Crippen LogP contribution in [0.25, 0.3) is 33.6 Å². The molecule has 0 amide bonds. The average Bonchev–Trinajstić information content (AvgIpc) is 3.36. The minimum Gasteiger partial charge on any atom is -0.492 e. The van der Waals surface area contributed by atoms with Crippen LogP contribution < -0.4 is 10.1 Å². The van der Waals surface area contributed by atoms with Crippen LogP contribution in [0.1, 0.15) is 25.7 Å². The summed E-state index contributed by atoms with van der Waals surface area (Å²) < 4.78 is 12.3. The average molecular weight is 441 g/mol. The van der Waals surface area contributed by atoms with Gasteiger partial charge in [0.1, 0.15) is 30.3 Å². The van der Waals surface area contributed by atoms with Crippen molar-refractivity contribution in [3.63, 3.8) is 0 Å². The number of likely N-dealkylation sites (tertiary alicyclic amines) is 1. The van der Waals surface area contributed by atoms with Gasteiger partial charge in [-0.25, -0.2) is 9.97 Å². The van der Waals surface area contributed by atoms with E-state index in [4.69, 9.17) is 9.15 Å². The lowest BCUT2D eigenvalue weighted by Crippen LogP contribution is -2.25. The smallest absolute Gasteiger partial charge is 0.232 e. The molecule has 1 N–H and O–H groups in total. The predicted molar refractivity (Wildman–Crippen MR) is 130 cm³/mol. The van der Waals surface area contributed by atoms with E-state index < -0.39 is 0 Å². The number of nitrogens with one attached hydrogen (secondary N) is 1. The van der Waals surface area contributed by atoms with Crippen molar-refractivity contribution in [2.75, 3.05) is 31.6 Å². The van der Waals surface area contributed by atoms with Crippen molar-refractivity contribution >= 4 is 16.9 Å². The fraction of sp³-hybridized carbons (Fsp3) is 0.333. The number of nitrogens with zero attached hydrogens (tertiary/aromatic N) is 3. The van der Waals surface area contributed by atoms with Gasteiger partial charge in [0.2, 0.25) is 5.71 Å². The van der Waals surface area contributed by atoms with Crippen molar-refractivity contribution in [3.8, 4) is 28.2 Å². The number of anilines is 1. The van der Waals surface area contributed by atoms with E-state index in [1.807, 2.05) is 30.3 Å². The lowest BCUT2D eigenvalue weighted by atomic mass is 9.99. The van der Waals surface area contributed by atoms with E-state index in [9.17, 15) is 0 Å². The van der Waals surface area contributed by atoms with E-state index in [1.165, 1.54) is 38.8 Å². The molecule has 1 saturated carbocycles.